The topological polar surface area (TPSA) is 157 Å². The molecule has 0 radical (unpaired) electrons. The lowest BCUT2D eigenvalue weighted by atomic mass is 10.3. The highest BCUT2D eigenvalue weighted by atomic mass is 32.2. The van der Waals surface area contributed by atoms with Crippen LogP contribution in [-0.2, 0) is 14.8 Å². The lowest BCUT2D eigenvalue weighted by Gasteiger charge is -2.20. The van der Waals surface area contributed by atoms with Crippen LogP contribution in [0.1, 0.15) is 12.8 Å². The molecule has 0 heterocycles. The Kier molecular flexibility index (Phi) is 7.46. The van der Waals surface area contributed by atoms with Crippen molar-refractivity contribution >= 4 is 21.6 Å². The summed E-state index contributed by atoms with van der Waals surface area (Å²) >= 11 is 0. The first-order chi connectivity index (χ1) is 11.8. The molecule has 1 amide bonds. The Morgan fingerprint density at radius 3 is 2.28 bits per heavy atom. The van der Waals surface area contributed by atoms with E-state index in [1.165, 1.54) is 17.0 Å². The normalized spacial score (nSPS) is 10.5. The average Bonchev–Trinajstić information content (AvgIpc) is 2.60. The van der Waals surface area contributed by atoms with Gasteiger partial charge in [0.05, 0.1) is 36.4 Å². The molecule has 1 aromatic carbocycles. The summed E-state index contributed by atoms with van der Waals surface area (Å²) in [5.41, 5.74) is -0.603. The second kappa shape index (κ2) is 9.32. The van der Waals surface area contributed by atoms with Crippen LogP contribution in [-0.4, -0.2) is 43.8 Å². The van der Waals surface area contributed by atoms with Crippen LogP contribution in [0.2, 0.25) is 0 Å². The molecule has 0 unspecified atom stereocenters. The number of rotatable bonds is 9. The van der Waals surface area contributed by atoms with Gasteiger partial charge in [-0.25, -0.2) is 13.1 Å². The highest BCUT2D eigenvalue weighted by Gasteiger charge is 2.26. The van der Waals surface area contributed by atoms with E-state index in [1.807, 2.05) is 16.9 Å². The largest absolute Gasteiger partial charge is 0.339 e. The minimum atomic E-state index is -4.27. The molecule has 0 fully saturated rings. The number of nitrogens with zero attached hydrogens (tertiary/aromatic N) is 4. The summed E-state index contributed by atoms with van der Waals surface area (Å²) in [5, 5.41) is 28.1. The van der Waals surface area contributed by atoms with Crippen LogP contribution >= 0.6 is 0 Å². The Morgan fingerprint density at radius 1 is 1.20 bits per heavy atom. The molecule has 0 aliphatic carbocycles. The van der Waals surface area contributed by atoms with Gasteiger partial charge in [-0.15, -0.1) is 0 Å². The van der Waals surface area contributed by atoms with Gasteiger partial charge in [-0.2, -0.15) is 10.5 Å². The zero-order valence-electron chi connectivity index (χ0n) is 13.1. The number of nitro benzene ring substituents is 1. The second-order valence-electron chi connectivity index (χ2n) is 4.75. The third-order valence-electron chi connectivity index (χ3n) is 3.10. The molecule has 0 aliphatic heterocycles. The third kappa shape index (κ3) is 5.84. The van der Waals surface area contributed by atoms with Gasteiger partial charge in [0.1, 0.15) is 0 Å². The van der Waals surface area contributed by atoms with Crippen LogP contribution in [0.4, 0.5) is 5.69 Å². The molecule has 0 saturated heterocycles. The molecule has 0 atom stereocenters. The molecule has 0 aliphatic rings. The summed E-state index contributed by atoms with van der Waals surface area (Å²) in [6.45, 7) is -0.514. The maximum atomic E-state index is 12.2. The number of benzene rings is 1. The maximum absolute atomic E-state index is 12.2. The van der Waals surface area contributed by atoms with E-state index in [4.69, 9.17) is 10.5 Å². The minimum Gasteiger partial charge on any atom is -0.339 e. The van der Waals surface area contributed by atoms with Gasteiger partial charge in [0.15, 0.2) is 4.90 Å². The monoisotopic (exact) mass is 365 g/mol. The summed E-state index contributed by atoms with van der Waals surface area (Å²) in [6.07, 6.45) is 0.0716. The molecule has 0 aromatic heterocycles. The van der Waals surface area contributed by atoms with E-state index >= 15 is 0 Å². The van der Waals surface area contributed by atoms with Crippen LogP contribution in [0.3, 0.4) is 0 Å². The smallest absolute Gasteiger partial charge is 0.289 e. The van der Waals surface area contributed by atoms with Gasteiger partial charge in [-0.1, -0.05) is 12.1 Å². The van der Waals surface area contributed by atoms with Crippen LogP contribution < -0.4 is 4.72 Å². The fourth-order valence-corrected chi connectivity index (χ4v) is 3.06. The number of nitro groups is 1. The summed E-state index contributed by atoms with van der Waals surface area (Å²) in [7, 11) is -4.27. The highest BCUT2D eigenvalue weighted by Crippen LogP contribution is 2.22. The van der Waals surface area contributed by atoms with Gasteiger partial charge in [0.2, 0.25) is 15.9 Å². The van der Waals surface area contributed by atoms with Gasteiger partial charge in [0, 0.05) is 19.2 Å². The van der Waals surface area contributed by atoms with E-state index in [0.29, 0.717) is 0 Å². The molecule has 0 saturated carbocycles. The molecule has 0 bridgehead atoms. The zero-order chi connectivity index (χ0) is 18.9. The van der Waals surface area contributed by atoms with Crippen molar-refractivity contribution in [2.45, 2.75) is 17.7 Å². The minimum absolute atomic E-state index is 0.0358. The Balaban J connectivity index is 2.87. The average molecular weight is 365 g/mol. The summed E-state index contributed by atoms with van der Waals surface area (Å²) in [4.78, 5) is 22.8. The van der Waals surface area contributed by atoms with E-state index in [9.17, 15) is 23.3 Å². The molecule has 10 nitrogen and oxygen atoms in total. The number of sulfonamides is 1. The van der Waals surface area contributed by atoms with Gasteiger partial charge in [-0.05, 0) is 6.07 Å². The lowest BCUT2D eigenvalue weighted by Crippen LogP contribution is -2.41. The van der Waals surface area contributed by atoms with Gasteiger partial charge in [-0.3, -0.25) is 14.9 Å². The first kappa shape index (κ1) is 20.0. The molecule has 0 spiro atoms. The first-order valence-corrected chi connectivity index (χ1v) is 8.56. The quantitative estimate of drug-likeness (QED) is 0.493. The lowest BCUT2D eigenvalue weighted by molar-refractivity contribution is -0.387. The number of para-hydroxylation sites is 1. The fourth-order valence-electron chi connectivity index (χ4n) is 1.91. The van der Waals surface area contributed by atoms with Gasteiger partial charge in [0.25, 0.3) is 5.69 Å². The standard InChI is InChI=1S/C14H15N5O5S/c15-7-3-9-18(10-4-8-16)14(20)11-17-25(23,24)13-6-2-1-5-12(13)19(21)22/h1-2,5-6,17H,3-4,9-11H2. The Labute approximate surface area is 144 Å². The number of hydrogen-bond donors (Lipinski definition) is 1. The predicted molar refractivity (Wildman–Crippen MR) is 85.3 cm³/mol. The van der Waals surface area contributed by atoms with Crippen molar-refractivity contribution in [3.63, 3.8) is 0 Å². The molecule has 25 heavy (non-hydrogen) atoms. The number of amides is 1. The first-order valence-electron chi connectivity index (χ1n) is 7.08. The van der Waals surface area contributed by atoms with Crippen LogP contribution in [0, 0.1) is 32.8 Å². The highest BCUT2D eigenvalue weighted by molar-refractivity contribution is 7.89. The fraction of sp³-hybridized carbons (Fsp3) is 0.357. The van der Waals surface area contributed by atoms with E-state index in [1.54, 1.807) is 0 Å². The SMILES string of the molecule is N#CCCN(CCC#N)C(=O)CNS(=O)(=O)c1ccccc1[N+](=O)[O-]. The van der Waals surface area contributed by atoms with Gasteiger partial charge >= 0.3 is 0 Å². The van der Waals surface area contributed by atoms with E-state index in [2.05, 4.69) is 0 Å². The molecular weight excluding hydrogens is 350 g/mol. The maximum Gasteiger partial charge on any atom is 0.289 e. The number of hydrogen-bond acceptors (Lipinski definition) is 7. The third-order valence-corrected chi connectivity index (χ3v) is 4.55. The van der Waals surface area contributed by atoms with Crippen molar-refractivity contribution in [1.29, 1.82) is 10.5 Å². The number of carbonyl (C=O) groups excluding carboxylic acids is 1. The Bertz CT molecular complexity index is 807. The van der Waals surface area contributed by atoms with Crippen molar-refractivity contribution in [2.75, 3.05) is 19.6 Å². The van der Waals surface area contributed by atoms with Crippen molar-refractivity contribution in [2.24, 2.45) is 0 Å². The van der Waals surface area contributed by atoms with E-state index in [0.717, 1.165) is 12.1 Å². The predicted octanol–water partition coefficient (Wildman–Crippen LogP) is 0.529. The molecule has 1 N–H and O–H groups in total. The number of carbonyl (C=O) groups is 1. The number of nitriles is 2. The van der Waals surface area contributed by atoms with Crippen molar-refractivity contribution in [1.82, 2.24) is 9.62 Å². The summed E-state index contributed by atoms with van der Waals surface area (Å²) in [5.74, 6) is -0.632. The van der Waals surface area contributed by atoms with E-state index < -0.39 is 38.0 Å². The van der Waals surface area contributed by atoms with Crippen molar-refractivity contribution in [3.8, 4) is 12.1 Å². The summed E-state index contributed by atoms with van der Waals surface area (Å²) < 4.78 is 26.5. The molecule has 1 aromatic rings. The van der Waals surface area contributed by atoms with E-state index in [-0.39, 0.29) is 25.9 Å². The summed E-state index contributed by atoms with van der Waals surface area (Å²) in [6, 6.07) is 8.48. The molecular formula is C14H15N5O5S. The van der Waals surface area contributed by atoms with Crippen molar-refractivity contribution in [3.05, 3.63) is 34.4 Å². The second-order valence-corrected chi connectivity index (χ2v) is 6.48. The molecule has 132 valence electrons. The van der Waals surface area contributed by atoms with Gasteiger partial charge < -0.3 is 4.90 Å². The number of nitrogens with one attached hydrogen (secondary N) is 1. The van der Waals surface area contributed by atoms with Crippen LogP contribution in [0.5, 0.6) is 0 Å². The molecule has 11 heteroatoms. The van der Waals surface area contributed by atoms with Crippen molar-refractivity contribution < 1.29 is 18.1 Å². The zero-order valence-corrected chi connectivity index (χ0v) is 13.9. The Morgan fingerprint density at radius 2 is 1.76 bits per heavy atom. The molecule has 1 rings (SSSR count). The van der Waals surface area contributed by atoms with Crippen LogP contribution in [0.15, 0.2) is 29.2 Å². The Hall–Kier alpha value is -3.02. The van der Waals surface area contributed by atoms with Crippen LogP contribution in [0.25, 0.3) is 0 Å².